The molecule has 6 nitrogen and oxygen atoms in total. The highest BCUT2D eigenvalue weighted by Crippen LogP contribution is 2.24. The second-order valence-electron chi connectivity index (χ2n) is 3.92. The molecule has 3 amide bonds. The molecule has 88 valence electrons. The summed E-state index contributed by atoms with van der Waals surface area (Å²) in [5.41, 5.74) is -0.485. The van der Waals surface area contributed by atoms with Crippen molar-refractivity contribution in [2.75, 3.05) is 0 Å². The van der Waals surface area contributed by atoms with Crippen LogP contribution in [0.1, 0.15) is 22.8 Å². The number of rotatable bonds is 2. The molecule has 0 saturated carbocycles. The normalized spacial score (nSPS) is 23.1. The summed E-state index contributed by atoms with van der Waals surface area (Å²) in [7, 11) is 0. The second kappa shape index (κ2) is 3.58. The predicted octanol–water partition coefficient (Wildman–Crippen LogP) is 0.439. The Morgan fingerprint density at radius 2 is 1.82 bits per heavy atom. The fourth-order valence-corrected chi connectivity index (χ4v) is 1.69. The predicted molar refractivity (Wildman–Crippen MR) is 57.4 cm³/mol. The molecular weight excluding hydrogens is 224 g/mol. The monoisotopic (exact) mass is 234 g/mol. The molecule has 2 rings (SSSR count). The van der Waals surface area contributed by atoms with E-state index in [9.17, 15) is 14.4 Å². The summed E-state index contributed by atoms with van der Waals surface area (Å²) in [6.07, 6.45) is 0. The number of carboxylic acids is 1. The zero-order chi connectivity index (χ0) is 12.6. The summed E-state index contributed by atoms with van der Waals surface area (Å²) in [5.74, 6) is -1.49. The minimum atomic E-state index is -1.14. The van der Waals surface area contributed by atoms with Gasteiger partial charge in [-0.25, -0.2) is 9.59 Å². The zero-order valence-electron chi connectivity index (χ0n) is 8.98. The molecule has 1 atom stereocenters. The van der Waals surface area contributed by atoms with E-state index in [2.05, 4.69) is 10.6 Å². The van der Waals surface area contributed by atoms with Gasteiger partial charge in [0.2, 0.25) is 0 Å². The van der Waals surface area contributed by atoms with Gasteiger partial charge in [-0.1, -0.05) is 12.1 Å². The summed E-state index contributed by atoms with van der Waals surface area (Å²) in [6, 6.07) is 5.24. The lowest BCUT2D eigenvalue weighted by Crippen LogP contribution is -2.40. The van der Waals surface area contributed by atoms with E-state index < -0.39 is 23.4 Å². The highest BCUT2D eigenvalue weighted by atomic mass is 16.4. The first-order valence-electron chi connectivity index (χ1n) is 4.91. The Hall–Kier alpha value is -2.37. The van der Waals surface area contributed by atoms with Gasteiger partial charge < -0.3 is 10.4 Å². The number of carbonyl (C=O) groups excluding carboxylic acids is 2. The minimum absolute atomic E-state index is 0.127. The highest BCUT2D eigenvalue weighted by molar-refractivity contribution is 6.07. The van der Waals surface area contributed by atoms with Crippen LogP contribution in [-0.2, 0) is 10.3 Å². The van der Waals surface area contributed by atoms with E-state index in [0.29, 0.717) is 5.56 Å². The van der Waals surface area contributed by atoms with Gasteiger partial charge >= 0.3 is 12.0 Å². The summed E-state index contributed by atoms with van der Waals surface area (Å²) in [5, 5.41) is 13.4. The number of imide groups is 1. The SMILES string of the molecule is C[C@@]1(c2ccc(C(=O)O)cc2)NC(=O)NC1=O. The fourth-order valence-electron chi connectivity index (χ4n) is 1.69. The number of carbonyl (C=O) groups is 3. The molecule has 1 fully saturated rings. The Morgan fingerprint density at radius 3 is 2.24 bits per heavy atom. The van der Waals surface area contributed by atoms with Crippen LogP contribution in [0.4, 0.5) is 4.79 Å². The summed E-state index contributed by atoms with van der Waals surface area (Å²) in [6.45, 7) is 1.56. The van der Waals surface area contributed by atoms with Gasteiger partial charge in [0.15, 0.2) is 0 Å². The Balaban J connectivity index is 2.37. The maximum atomic E-state index is 11.6. The number of amides is 3. The molecule has 3 N–H and O–H groups in total. The Morgan fingerprint density at radius 1 is 1.24 bits per heavy atom. The first kappa shape index (κ1) is 11.1. The van der Waals surface area contributed by atoms with Crippen molar-refractivity contribution in [3.8, 4) is 0 Å². The van der Waals surface area contributed by atoms with Crippen LogP contribution in [0.15, 0.2) is 24.3 Å². The van der Waals surface area contributed by atoms with Crippen molar-refractivity contribution in [1.29, 1.82) is 0 Å². The molecule has 1 heterocycles. The van der Waals surface area contributed by atoms with Crippen molar-refractivity contribution in [1.82, 2.24) is 10.6 Å². The maximum absolute atomic E-state index is 11.6. The van der Waals surface area contributed by atoms with Crippen molar-refractivity contribution < 1.29 is 19.5 Å². The standard InChI is InChI=1S/C11H10N2O4/c1-11(9(16)12-10(17)13-11)7-4-2-6(3-5-7)8(14)15/h2-5H,1H3,(H,14,15)(H2,12,13,16,17)/t11-/m0/s1. The van der Waals surface area contributed by atoms with Gasteiger partial charge in [0, 0.05) is 0 Å². The number of benzene rings is 1. The summed E-state index contributed by atoms with van der Waals surface area (Å²) >= 11 is 0. The summed E-state index contributed by atoms with van der Waals surface area (Å²) in [4.78, 5) is 33.4. The van der Waals surface area contributed by atoms with Crippen molar-refractivity contribution in [2.45, 2.75) is 12.5 Å². The number of urea groups is 1. The van der Waals surface area contributed by atoms with E-state index in [1.807, 2.05) is 0 Å². The average molecular weight is 234 g/mol. The number of aromatic carboxylic acids is 1. The lowest BCUT2D eigenvalue weighted by atomic mass is 9.91. The van der Waals surface area contributed by atoms with Crippen LogP contribution in [-0.4, -0.2) is 23.0 Å². The Bertz CT molecular complexity index is 509. The molecule has 0 aromatic heterocycles. The number of nitrogens with one attached hydrogen (secondary N) is 2. The van der Waals surface area contributed by atoms with Crippen molar-refractivity contribution in [3.05, 3.63) is 35.4 Å². The van der Waals surface area contributed by atoms with Gasteiger partial charge in [-0.2, -0.15) is 0 Å². The summed E-state index contributed by atoms with van der Waals surface area (Å²) < 4.78 is 0. The van der Waals surface area contributed by atoms with Crippen molar-refractivity contribution in [2.24, 2.45) is 0 Å². The quantitative estimate of drug-likeness (QED) is 0.647. The third-order valence-corrected chi connectivity index (χ3v) is 2.75. The molecule has 1 aliphatic heterocycles. The minimum Gasteiger partial charge on any atom is -0.478 e. The van der Waals surface area contributed by atoms with Crippen molar-refractivity contribution >= 4 is 17.9 Å². The van der Waals surface area contributed by atoms with Gasteiger partial charge in [0.25, 0.3) is 5.91 Å². The average Bonchev–Trinajstić information content (AvgIpc) is 2.54. The first-order chi connectivity index (χ1) is 7.93. The first-order valence-corrected chi connectivity index (χ1v) is 4.91. The van der Waals surface area contributed by atoms with Crippen LogP contribution in [0.5, 0.6) is 0 Å². The van der Waals surface area contributed by atoms with Crippen LogP contribution >= 0.6 is 0 Å². The van der Waals surface area contributed by atoms with E-state index >= 15 is 0 Å². The van der Waals surface area contributed by atoms with Gasteiger partial charge in [0.1, 0.15) is 5.54 Å². The molecule has 1 saturated heterocycles. The van der Waals surface area contributed by atoms with E-state index in [1.165, 1.54) is 24.3 Å². The van der Waals surface area contributed by atoms with Crippen LogP contribution in [0, 0.1) is 0 Å². The smallest absolute Gasteiger partial charge is 0.335 e. The van der Waals surface area contributed by atoms with Gasteiger partial charge in [0.05, 0.1) is 5.56 Å². The van der Waals surface area contributed by atoms with E-state index in [-0.39, 0.29) is 5.56 Å². The number of hydrogen-bond acceptors (Lipinski definition) is 3. The van der Waals surface area contributed by atoms with E-state index in [0.717, 1.165) is 0 Å². The largest absolute Gasteiger partial charge is 0.478 e. The molecule has 0 spiro atoms. The van der Waals surface area contributed by atoms with Crippen LogP contribution in [0.25, 0.3) is 0 Å². The second-order valence-corrected chi connectivity index (χ2v) is 3.92. The van der Waals surface area contributed by atoms with Gasteiger partial charge in [-0.15, -0.1) is 0 Å². The van der Waals surface area contributed by atoms with Crippen LogP contribution in [0.3, 0.4) is 0 Å². The maximum Gasteiger partial charge on any atom is 0.335 e. The number of hydrogen-bond donors (Lipinski definition) is 3. The molecule has 6 heteroatoms. The molecule has 17 heavy (non-hydrogen) atoms. The van der Waals surface area contributed by atoms with Crippen molar-refractivity contribution in [3.63, 3.8) is 0 Å². The van der Waals surface area contributed by atoms with Gasteiger partial charge in [-0.05, 0) is 24.6 Å². The third kappa shape index (κ3) is 1.73. The molecule has 0 unspecified atom stereocenters. The molecular formula is C11H10N2O4. The fraction of sp³-hybridized carbons (Fsp3) is 0.182. The molecule has 1 aromatic rings. The topological polar surface area (TPSA) is 95.5 Å². The lowest BCUT2D eigenvalue weighted by Gasteiger charge is -2.20. The third-order valence-electron chi connectivity index (χ3n) is 2.75. The number of carboxylic acid groups (broad SMARTS) is 1. The highest BCUT2D eigenvalue weighted by Gasteiger charge is 2.43. The molecule has 1 aromatic carbocycles. The van der Waals surface area contributed by atoms with E-state index in [1.54, 1.807) is 6.92 Å². The molecule has 1 aliphatic rings. The molecule has 0 radical (unpaired) electrons. The molecule has 0 bridgehead atoms. The lowest BCUT2D eigenvalue weighted by molar-refractivity contribution is -0.123. The van der Waals surface area contributed by atoms with Crippen LogP contribution < -0.4 is 10.6 Å². The Kier molecular flexibility index (Phi) is 2.35. The Labute approximate surface area is 96.6 Å². The molecule has 0 aliphatic carbocycles. The zero-order valence-corrected chi connectivity index (χ0v) is 8.98. The van der Waals surface area contributed by atoms with Gasteiger partial charge in [-0.3, -0.25) is 10.1 Å². The van der Waals surface area contributed by atoms with E-state index in [4.69, 9.17) is 5.11 Å². The van der Waals surface area contributed by atoms with Crippen LogP contribution in [0.2, 0.25) is 0 Å².